The van der Waals surface area contributed by atoms with Gasteiger partial charge < -0.3 is 0 Å². The first kappa shape index (κ1) is 13.1. The lowest BCUT2D eigenvalue weighted by Crippen LogP contribution is -2.14. The van der Waals surface area contributed by atoms with Crippen molar-refractivity contribution >= 4 is 34.1 Å². The van der Waals surface area contributed by atoms with Crippen molar-refractivity contribution in [3.05, 3.63) is 30.3 Å². The van der Waals surface area contributed by atoms with Gasteiger partial charge in [0, 0.05) is 13.1 Å². The summed E-state index contributed by atoms with van der Waals surface area (Å²) in [4.78, 5) is 0. The van der Waals surface area contributed by atoms with Crippen LogP contribution in [-0.4, -0.2) is 17.8 Å². The van der Waals surface area contributed by atoms with Gasteiger partial charge in [-0.15, -0.1) is 0 Å². The van der Waals surface area contributed by atoms with E-state index in [1.165, 1.54) is 0 Å². The Bertz CT molecular complexity index is 344. The van der Waals surface area contributed by atoms with E-state index in [2.05, 4.69) is 4.74 Å². The van der Waals surface area contributed by atoms with E-state index < -0.39 is 5.91 Å². The molecule has 1 aromatic rings. The van der Waals surface area contributed by atoms with Gasteiger partial charge in [0.15, 0.2) is 0 Å². The van der Waals surface area contributed by atoms with Crippen LogP contribution in [-0.2, 0) is 0 Å². The maximum Gasteiger partial charge on any atom is 0.210 e. The van der Waals surface area contributed by atoms with Crippen molar-refractivity contribution < 1.29 is 0 Å². The Morgan fingerprint density at radius 2 is 1.67 bits per heavy atom. The van der Waals surface area contributed by atoms with E-state index in [0.29, 0.717) is 0 Å². The van der Waals surface area contributed by atoms with Gasteiger partial charge in [-0.25, -0.2) is 9.42 Å². The molecule has 1 rings (SSSR count). The first-order valence-corrected chi connectivity index (χ1v) is 8.42. The fraction of sp³-hybridized carbons (Fsp3) is 0.400. The lowest BCUT2D eigenvalue weighted by atomic mass is 10.3. The van der Waals surface area contributed by atoms with Gasteiger partial charge in [-0.3, -0.25) is 0 Å². The van der Waals surface area contributed by atoms with Crippen LogP contribution in [0.3, 0.4) is 0 Å². The molecule has 0 aromatic heterocycles. The minimum absolute atomic E-state index is 0.813. The van der Waals surface area contributed by atoms with Crippen LogP contribution in [0.5, 0.6) is 0 Å². The maximum atomic E-state index is 6.27. The fourth-order valence-corrected chi connectivity index (χ4v) is 4.29. The monoisotopic (exact) mass is 264 g/mol. The Hall–Kier alpha value is -0.0100. The highest BCUT2D eigenvalue weighted by molar-refractivity contribution is 8.08. The molecule has 2 nitrogen and oxygen atoms in total. The van der Waals surface area contributed by atoms with Gasteiger partial charge in [0.25, 0.3) is 0 Å². The molecule has 0 saturated heterocycles. The Kier molecular flexibility index (Phi) is 5.14. The van der Waals surface area contributed by atoms with Crippen LogP contribution in [0.1, 0.15) is 13.8 Å². The summed E-state index contributed by atoms with van der Waals surface area (Å²) in [6.45, 7) is 5.69. The second-order valence-corrected chi connectivity index (χ2v) is 8.05. The standard InChI is InChI=1S/C10H15Cl2N2P/c1-3-14(4-2)15(11,12)13-10-8-6-5-7-9-10/h5-9H,3-4H2,1-2H3. The molecule has 84 valence electrons. The quantitative estimate of drug-likeness (QED) is 0.693. The highest BCUT2D eigenvalue weighted by Gasteiger charge is 2.19. The third kappa shape index (κ3) is 3.81. The summed E-state index contributed by atoms with van der Waals surface area (Å²) in [6.07, 6.45) is 0. The summed E-state index contributed by atoms with van der Waals surface area (Å²) in [5, 5.41) is 0. The van der Waals surface area contributed by atoms with E-state index in [1.807, 2.05) is 48.8 Å². The lowest BCUT2D eigenvalue weighted by molar-refractivity contribution is 0.514. The molecule has 0 spiro atoms. The van der Waals surface area contributed by atoms with E-state index in [4.69, 9.17) is 22.5 Å². The molecule has 0 atom stereocenters. The SMILES string of the molecule is CCN(CC)P(Cl)(Cl)=Nc1ccccc1. The fourth-order valence-electron chi connectivity index (χ4n) is 1.26. The van der Waals surface area contributed by atoms with Gasteiger partial charge in [-0.1, -0.05) is 32.0 Å². The first-order valence-electron chi connectivity index (χ1n) is 4.92. The molecule has 0 bridgehead atoms. The zero-order valence-corrected chi connectivity index (χ0v) is 11.3. The predicted molar refractivity (Wildman–Crippen MR) is 70.1 cm³/mol. The Balaban J connectivity index is 2.99. The van der Waals surface area contributed by atoms with E-state index in [-0.39, 0.29) is 0 Å². The van der Waals surface area contributed by atoms with Gasteiger partial charge in [-0.2, -0.15) is 0 Å². The van der Waals surface area contributed by atoms with Crippen molar-refractivity contribution in [1.82, 2.24) is 4.67 Å². The topological polar surface area (TPSA) is 15.6 Å². The molecule has 0 radical (unpaired) electrons. The number of nitrogens with zero attached hydrogens (tertiary/aromatic N) is 2. The number of benzene rings is 1. The molecule has 0 amide bonds. The third-order valence-electron chi connectivity index (χ3n) is 2.06. The molecule has 0 heterocycles. The molecular weight excluding hydrogens is 250 g/mol. The number of hydrogen-bond donors (Lipinski definition) is 0. The van der Waals surface area contributed by atoms with E-state index in [1.54, 1.807) is 0 Å². The van der Waals surface area contributed by atoms with Crippen LogP contribution in [0.25, 0.3) is 0 Å². The zero-order chi connectivity index (χ0) is 11.3. The Labute approximate surface area is 101 Å². The normalized spacial score (nSPS) is 11.8. The van der Waals surface area contributed by atoms with Crippen LogP contribution in [0.2, 0.25) is 0 Å². The van der Waals surface area contributed by atoms with Gasteiger partial charge >= 0.3 is 0 Å². The van der Waals surface area contributed by atoms with E-state index in [0.717, 1.165) is 18.8 Å². The Morgan fingerprint density at radius 3 is 2.13 bits per heavy atom. The molecule has 15 heavy (non-hydrogen) atoms. The van der Waals surface area contributed by atoms with E-state index >= 15 is 0 Å². The smallest absolute Gasteiger partial charge is 0.210 e. The maximum absolute atomic E-state index is 6.27. The molecular formula is C10H15Cl2N2P. The highest BCUT2D eigenvalue weighted by atomic mass is 35.9. The summed E-state index contributed by atoms with van der Waals surface area (Å²) in [5.74, 6) is -2.37. The average molecular weight is 265 g/mol. The molecule has 1 aromatic carbocycles. The second-order valence-electron chi connectivity index (χ2n) is 3.03. The molecule has 5 heteroatoms. The van der Waals surface area contributed by atoms with Gasteiger partial charge in [0.1, 0.15) is 0 Å². The first-order chi connectivity index (χ1) is 7.10. The van der Waals surface area contributed by atoms with Crippen LogP contribution in [0.4, 0.5) is 5.69 Å². The van der Waals surface area contributed by atoms with Gasteiger partial charge in [0.2, 0.25) is 5.91 Å². The average Bonchev–Trinajstić information content (AvgIpc) is 2.19. The molecule has 0 N–H and O–H groups in total. The number of halogens is 2. The molecule has 0 aliphatic heterocycles. The minimum Gasteiger partial charge on any atom is -0.246 e. The van der Waals surface area contributed by atoms with Crippen molar-refractivity contribution in [2.75, 3.05) is 13.1 Å². The van der Waals surface area contributed by atoms with Crippen molar-refractivity contribution in [3.8, 4) is 0 Å². The van der Waals surface area contributed by atoms with Crippen LogP contribution >= 0.6 is 28.4 Å². The number of hydrogen-bond acceptors (Lipinski definition) is 1. The van der Waals surface area contributed by atoms with Gasteiger partial charge in [-0.05, 0) is 34.6 Å². The van der Waals surface area contributed by atoms with Crippen molar-refractivity contribution in [2.24, 2.45) is 4.74 Å². The molecule has 0 aliphatic carbocycles. The second kappa shape index (κ2) is 5.91. The van der Waals surface area contributed by atoms with Crippen molar-refractivity contribution in [2.45, 2.75) is 13.8 Å². The summed E-state index contributed by atoms with van der Waals surface area (Å²) >= 11 is 12.5. The van der Waals surface area contributed by atoms with Gasteiger partial charge in [0.05, 0.1) is 5.69 Å². The summed E-state index contributed by atoms with van der Waals surface area (Å²) in [7, 11) is 0. The molecule has 0 saturated carbocycles. The summed E-state index contributed by atoms with van der Waals surface area (Å²) in [5.41, 5.74) is 0.836. The number of rotatable bonds is 4. The van der Waals surface area contributed by atoms with Crippen LogP contribution in [0, 0.1) is 0 Å². The third-order valence-corrected chi connectivity index (χ3v) is 5.52. The highest BCUT2D eigenvalue weighted by Crippen LogP contribution is 2.64. The van der Waals surface area contributed by atoms with Crippen molar-refractivity contribution in [3.63, 3.8) is 0 Å². The largest absolute Gasteiger partial charge is 0.246 e. The molecule has 0 unspecified atom stereocenters. The van der Waals surface area contributed by atoms with E-state index in [9.17, 15) is 0 Å². The summed E-state index contributed by atoms with van der Waals surface area (Å²) in [6, 6.07) is 9.61. The van der Waals surface area contributed by atoms with Crippen LogP contribution < -0.4 is 0 Å². The van der Waals surface area contributed by atoms with Crippen molar-refractivity contribution in [1.29, 1.82) is 0 Å². The zero-order valence-electron chi connectivity index (χ0n) is 8.90. The molecule has 0 fully saturated rings. The molecule has 0 aliphatic rings. The summed E-state index contributed by atoms with van der Waals surface area (Å²) < 4.78 is 6.39. The predicted octanol–water partition coefficient (Wildman–Crippen LogP) is 5.08. The Morgan fingerprint density at radius 1 is 1.13 bits per heavy atom. The lowest BCUT2D eigenvalue weighted by Gasteiger charge is -2.23. The minimum atomic E-state index is -2.37. The van der Waals surface area contributed by atoms with Crippen LogP contribution in [0.15, 0.2) is 35.1 Å².